The van der Waals surface area contributed by atoms with Gasteiger partial charge in [0.05, 0.1) is 6.54 Å². The van der Waals surface area contributed by atoms with Crippen molar-refractivity contribution in [2.24, 2.45) is 0 Å². The smallest absolute Gasteiger partial charge is 0.131 e. The van der Waals surface area contributed by atoms with Crippen molar-refractivity contribution in [3.63, 3.8) is 0 Å². The molecule has 2 aliphatic rings. The first-order chi connectivity index (χ1) is 13.3. The van der Waals surface area contributed by atoms with Crippen molar-refractivity contribution in [1.82, 2.24) is 0 Å². The molecule has 3 aromatic carbocycles. The molecule has 0 fully saturated rings. The van der Waals surface area contributed by atoms with Gasteiger partial charge in [-0.3, -0.25) is 0 Å². The fourth-order valence-corrected chi connectivity index (χ4v) is 4.05. The van der Waals surface area contributed by atoms with Gasteiger partial charge in [-0.15, -0.1) is 0 Å². The number of anilines is 1. The largest absolute Gasteiger partial charge is 0.487 e. The minimum Gasteiger partial charge on any atom is -0.487 e. The summed E-state index contributed by atoms with van der Waals surface area (Å²) >= 11 is 0. The summed E-state index contributed by atoms with van der Waals surface area (Å²) in [6.45, 7) is 0.712. The summed E-state index contributed by atoms with van der Waals surface area (Å²) in [5, 5.41) is 3.45. The van der Waals surface area contributed by atoms with Gasteiger partial charge in [-0.2, -0.15) is 0 Å². The first kappa shape index (κ1) is 16.1. The predicted molar refractivity (Wildman–Crippen MR) is 107 cm³/mol. The monoisotopic (exact) mass is 357 g/mol. The van der Waals surface area contributed by atoms with Crippen molar-refractivity contribution in [2.75, 3.05) is 11.9 Å². The Kier molecular flexibility index (Phi) is 3.93. The molecule has 0 amide bonds. The van der Waals surface area contributed by atoms with Crippen LogP contribution in [-0.4, -0.2) is 12.6 Å². The molecule has 0 aromatic heterocycles. The Morgan fingerprint density at radius 2 is 1.67 bits per heavy atom. The van der Waals surface area contributed by atoms with E-state index < -0.39 is 0 Å². The average Bonchev–Trinajstić information content (AvgIpc) is 3.08. The summed E-state index contributed by atoms with van der Waals surface area (Å²) in [4.78, 5) is 0. The molecule has 0 saturated heterocycles. The molecule has 0 radical (unpaired) electrons. The Morgan fingerprint density at radius 1 is 0.889 bits per heavy atom. The average molecular weight is 357 g/mol. The molecule has 1 unspecified atom stereocenters. The summed E-state index contributed by atoms with van der Waals surface area (Å²) in [6.07, 6.45) is 1.65. The number of rotatable bonds is 3. The minimum atomic E-state index is -0.221. The lowest BCUT2D eigenvalue weighted by atomic mass is 9.95. The zero-order chi connectivity index (χ0) is 18.2. The number of hydrogen-bond acceptors (Lipinski definition) is 2. The van der Waals surface area contributed by atoms with Crippen molar-refractivity contribution in [3.05, 3.63) is 101 Å². The first-order valence-corrected chi connectivity index (χ1v) is 9.34. The van der Waals surface area contributed by atoms with Gasteiger partial charge in [0.1, 0.15) is 17.7 Å². The number of nitrogens with one attached hydrogen (secondary N) is 1. The third-order valence-electron chi connectivity index (χ3n) is 5.34. The lowest BCUT2D eigenvalue weighted by molar-refractivity contribution is 0.203. The van der Waals surface area contributed by atoms with Crippen LogP contribution in [-0.2, 0) is 11.2 Å². The van der Waals surface area contributed by atoms with E-state index in [9.17, 15) is 4.39 Å². The molecule has 3 heteroatoms. The van der Waals surface area contributed by atoms with E-state index in [1.165, 1.54) is 22.8 Å². The molecule has 0 spiro atoms. The highest BCUT2D eigenvalue weighted by atomic mass is 19.1. The third-order valence-corrected chi connectivity index (χ3v) is 5.34. The maximum Gasteiger partial charge on any atom is 0.131 e. The molecule has 0 saturated carbocycles. The van der Waals surface area contributed by atoms with Crippen LogP contribution >= 0.6 is 0 Å². The van der Waals surface area contributed by atoms with Gasteiger partial charge < -0.3 is 10.1 Å². The van der Waals surface area contributed by atoms with Gasteiger partial charge in [0.25, 0.3) is 0 Å². The zero-order valence-electron chi connectivity index (χ0n) is 14.9. The molecule has 2 nitrogen and oxygen atoms in total. The topological polar surface area (TPSA) is 21.3 Å². The van der Waals surface area contributed by atoms with Crippen LogP contribution in [0.15, 0.2) is 72.8 Å². The van der Waals surface area contributed by atoms with Crippen LogP contribution in [0.3, 0.4) is 0 Å². The molecular formula is C24H20FNO. The van der Waals surface area contributed by atoms with Gasteiger partial charge in [-0.05, 0) is 47.4 Å². The molecule has 1 aliphatic carbocycles. The highest BCUT2D eigenvalue weighted by molar-refractivity contribution is 5.93. The molecular weight excluding hydrogens is 337 g/mol. The fraction of sp³-hybridized carbons (Fsp3) is 0.167. The SMILES string of the molecule is Fc1ccc2c(c1)C1=C(CC(CNc3ccccc3)O1)c1ccccc1C2. The van der Waals surface area contributed by atoms with Gasteiger partial charge in [-0.1, -0.05) is 48.5 Å². The van der Waals surface area contributed by atoms with E-state index in [-0.39, 0.29) is 11.9 Å². The molecule has 1 heterocycles. The van der Waals surface area contributed by atoms with Crippen molar-refractivity contribution in [3.8, 4) is 0 Å². The van der Waals surface area contributed by atoms with E-state index in [1.807, 2.05) is 36.4 Å². The predicted octanol–water partition coefficient (Wildman–Crippen LogP) is 5.50. The molecule has 1 N–H and O–H groups in total. The van der Waals surface area contributed by atoms with E-state index in [0.717, 1.165) is 35.4 Å². The van der Waals surface area contributed by atoms with Crippen molar-refractivity contribution >= 4 is 17.0 Å². The normalized spacial score (nSPS) is 17.4. The molecule has 5 rings (SSSR count). The van der Waals surface area contributed by atoms with Gasteiger partial charge in [0.15, 0.2) is 0 Å². The molecule has 134 valence electrons. The van der Waals surface area contributed by atoms with Crippen LogP contribution in [0.5, 0.6) is 0 Å². The lowest BCUT2D eigenvalue weighted by Gasteiger charge is -2.17. The second kappa shape index (κ2) is 6.58. The van der Waals surface area contributed by atoms with Crippen LogP contribution in [0.1, 0.15) is 28.7 Å². The van der Waals surface area contributed by atoms with Crippen LogP contribution < -0.4 is 5.32 Å². The van der Waals surface area contributed by atoms with Crippen LogP contribution in [0.4, 0.5) is 10.1 Å². The fourth-order valence-electron chi connectivity index (χ4n) is 4.05. The summed E-state index contributed by atoms with van der Waals surface area (Å²) in [5.41, 5.74) is 6.78. The minimum absolute atomic E-state index is 0.0254. The van der Waals surface area contributed by atoms with Crippen LogP contribution in [0.2, 0.25) is 0 Å². The summed E-state index contributed by atoms with van der Waals surface area (Å²) in [6, 6.07) is 23.6. The Hall–Kier alpha value is -3.07. The second-order valence-electron chi connectivity index (χ2n) is 7.13. The van der Waals surface area contributed by atoms with Crippen molar-refractivity contribution < 1.29 is 9.13 Å². The Labute approximate surface area is 158 Å². The molecule has 1 aliphatic heterocycles. The Bertz CT molecular complexity index is 1030. The standard InChI is InChI=1S/C24H20FNO/c25-18-11-10-17-12-16-6-4-5-9-21(16)23-14-20(27-24(23)22(17)13-18)15-26-19-7-2-1-3-8-19/h1-11,13,20,26H,12,14-15H2. The van der Waals surface area contributed by atoms with E-state index in [4.69, 9.17) is 4.74 Å². The van der Waals surface area contributed by atoms with E-state index in [0.29, 0.717) is 6.54 Å². The number of hydrogen-bond donors (Lipinski definition) is 1. The van der Waals surface area contributed by atoms with Gasteiger partial charge in [-0.25, -0.2) is 4.39 Å². The van der Waals surface area contributed by atoms with E-state index in [1.54, 1.807) is 6.07 Å². The number of benzene rings is 3. The van der Waals surface area contributed by atoms with E-state index >= 15 is 0 Å². The summed E-state index contributed by atoms with van der Waals surface area (Å²) in [5.74, 6) is 0.621. The Balaban J connectivity index is 1.49. The first-order valence-electron chi connectivity index (χ1n) is 9.34. The van der Waals surface area contributed by atoms with Crippen molar-refractivity contribution in [2.45, 2.75) is 18.9 Å². The number of ether oxygens (including phenoxy) is 1. The quantitative estimate of drug-likeness (QED) is 0.668. The molecule has 0 bridgehead atoms. The maximum absolute atomic E-state index is 14.0. The lowest BCUT2D eigenvalue weighted by Crippen LogP contribution is -2.19. The highest BCUT2D eigenvalue weighted by Gasteiger charge is 2.32. The molecule has 1 atom stereocenters. The van der Waals surface area contributed by atoms with Crippen molar-refractivity contribution in [1.29, 1.82) is 0 Å². The van der Waals surface area contributed by atoms with Gasteiger partial charge in [0.2, 0.25) is 0 Å². The van der Waals surface area contributed by atoms with Gasteiger partial charge >= 0.3 is 0 Å². The zero-order valence-corrected chi connectivity index (χ0v) is 14.9. The highest BCUT2D eigenvalue weighted by Crippen LogP contribution is 2.44. The number of para-hydroxylation sites is 1. The Morgan fingerprint density at radius 3 is 2.56 bits per heavy atom. The number of halogens is 1. The van der Waals surface area contributed by atoms with Crippen LogP contribution in [0, 0.1) is 5.82 Å². The number of fused-ring (bicyclic) bond motifs is 4. The molecule has 3 aromatic rings. The van der Waals surface area contributed by atoms with E-state index in [2.05, 4.69) is 29.6 Å². The summed E-state index contributed by atoms with van der Waals surface area (Å²) in [7, 11) is 0. The summed E-state index contributed by atoms with van der Waals surface area (Å²) < 4.78 is 20.3. The second-order valence-corrected chi connectivity index (χ2v) is 7.13. The van der Waals surface area contributed by atoms with Gasteiger partial charge in [0, 0.05) is 23.2 Å². The molecule has 27 heavy (non-hydrogen) atoms. The maximum atomic E-state index is 14.0. The third kappa shape index (κ3) is 2.99. The van der Waals surface area contributed by atoms with Crippen LogP contribution in [0.25, 0.3) is 11.3 Å².